The Bertz CT molecular complexity index is 684. The number of carbonyl (C=O) groups is 1. The predicted molar refractivity (Wildman–Crippen MR) is 76.1 cm³/mol. The van der Waals surface area contributed by atoms with Gasteiger partial charge in [0.15, 0.2) is 5.75 Å². The van der Waals surface area contributed by atoms with E-state index in [-0.39, 0.29) is 17.0 Å². The Morgan fingerprint density at radius 2 is 1.86 bits per heavy atom. The van der Waals surface area contributed by atoms with Crippen molar-refractivity contribution in [2.24, 2.45) is 0 Å². The van der Waals surface area contributed by atoms with Crippen molar-refractivity contribution in [1.29, 1.82) is 0 Å². The maximum absolute atomic E-state index is 12.0. The molecule has 0 radical (unpaired) electrons. The van der Waals surface area contributed by atoms with Crippen molar-refractivity contribution in [3.05, 3.63) is 63.2 Å². The molecule has 0 aliphatic rings. The second kappa shape index (κ2) is 6.23. The fraction of sp³-hybridized carbons (Fsp3) is 0.0714. The molecule has 6 nitrogen and oxygen atoms in total. The summed E-state index contributed by atoms with van der Waals surface area (Å²) in [5, 5.41) is 11.4. The molecule has 21 heavy (non-hydrogen) atoms. The van der Waals surface area contributed by atoms with E-state index in [1.54, 1.807) is 12.1 Å². The number of esters is 1. The van der Waals surface area contributed by atoms with Crippen LogP contribution in [0.3, 0.4) is 0 Å². The SMILES string of the molecule is COc1ccc(C(=O)Oc2ccc(Cl)cc2)cc1[N+](=O)[O-]. The third-order valence-corrected chi connectivity index (χ3v) is 2.89. The van der Waals surface area contributed by atoms with Crippen LogP contribution in [0.5, 0.6) is 11.5 Å². The Morgan fingerprint density at radius 3 is 2.43 bits per heavy atom. The lowest BCUT2D eigenvalue weighted by Crippen LogP contribution is -2.09. The molecule has 0 amide bonds. The largest absolute Gasteiger partial charge is 0.490 e. The molecule has 0 saturated carbocycles. The quantitative estimate of drug-likeness (QED) is 0.374. The molecule has 0 aromatic heterocycles. The maximum atomic E-state index is 12.0. The number of nitrogens with zero attached hydrogens (tertiary/aromatic N) is 1. The number of carbonyl (C=O) groups excluding carboxylic acids is 1. The van der Waals surface area contributed by atoms with Crippen LogP contribution in [-0.4, -0.2) is 18.0 Å². The molecule has 0 unspecified atom stereocenters. The van der Waals surface area contributed by atoms with Gasteiger partial charge in [0.05, 0.1) is 17.6 Å². The first-order valence-electron chi connectivity index (χ1n) is 5.81. The second-order valence-electron chi connectivity index (χ2n) is 3.99. The molecule has 0 saturated heterocycles. The van der Waals surface area contributed by atoms with Crippen LogP contribution in [0.1, 0.15) is 10.4 Å². The van der Waals surface area contributed by atoms with Crippen LogP contribution in [0.2, 0.25) is 5.02 Å². The fourth-order valence-corrected chi connectivity index (χ4v) is 1.75. The van der Waals surface area contributed by atoms with Crippen molar-refractivity contribution in [2.45, 2.75) is 0 Å². The van der Waals surface area contributed by atoms with Crippen LogP contribution in [-0.2, 0) is 0 Å². The van der Waals surface area contributed by atoms with Crippen molar-refractivity contribution in [2.75, 3.05) is 7.11 Å². The lowest BCUT2D eigenvalue weighted by atomic mass is 10.2. The van der Waals surface area contributed by atoms with E-state index < -0.39 is 10.9 Å². The number of hydrogen-bond donors (Lipinski definition) is 0. The Morgan fingerprint density at radius 1 is 1.19 bits per heavy atom. The van der Waals surface area contributed by atoms with Crippen LogP contribution >= 0.6 is 11.6 Å². The second-order valence-corrected chi connectivity index (χ2v) is 4.42. The number of methoxy groups -OCH3 is 1. The monoisotopic (exact) mass is 307 g/mol. The summed E-state index contributed by atoms with van der Waals surface area (Å²) in [4.78, 5) is 22.2. The van der Waals surface area contributed by atoms with E-state index in [1.165, 1.54) is 31.4 Å². The minimum atomic E-state index is -0.705. The van der Waals surface area contributed by atoms with E-state index in [0.29, 0.717) is 10.8 Å². The van der Waals surface area contributed by atoms with Crippen molar-refractivity contribution < 1.29 is 19.2 Å². The standard InChI is InChI=1S/C14H10ClNO5/c1-20-13-7-2-9(8-12(13)16(18)19)14(17)21-11-5-3-10(15)4-6-11/h2-8H,1H3. The Balaban J connectivity index is 2.25. The third kappa shape index (κ3) is 3.49. The summed E-state index contributed by atoms with van der Waals surface area (Å²) < 4.78 is 9.97. The number of ether oxygens (including phenoxy) is 2. The van der Waals surface area contributed by atoms with Gasteiger partial charge in [0.2, 0.25) is 0 Å². The van der Waals surface area contributed by atoms with Crippen LogP contribution < -0.4 is 9.47 Å². The summed E-state index contributed by atoms with van der Waals surface area (Å²) in [6.07, 6.45) is 0. The molecule has 0 spiro atoms. The van der Waals surface area contributed by atoms with Gasteiger partial charge < -0.3 is 9.47 Å². The van der Waals surface area contributed by atoms with Crippen LogP contribution in [0.25, 0.3) is 0 Å². The number of halogens is 1. The highest BCUT2D eigenvalue weighted by molar-refractivity contribution is 6.30. The minimum absolute atomic E-state index is 0.0532. The number of nitro groups is 1. The summed E-state index contributed by atoms with van der Waals surface area (Å²) >= 11 is 5.72. The van der Waals surface area contributed by atoms with Gasteiger partial charge in [0.1, 0.15) is 5.75 Å². The zero-order valence-electron chi connectivity index (χ0n) is 10.9. The summed E-state index contributed by atoms with van der Waals surface area (Å²) in [5.41, 5.74) is -0.250. The highest BCUT2D eigenvalue weighted by Gasteiger charge is 2.19. The zero-order chi connectivity index (χ0) is 15.4. The Labute approximate surface area is 125 Å². The lowest BCUT2D eigenvalue weighted by Gasteiger charge is -2.06. The molecule has 2 aromatic rings. The molecule has 2 aromatic carbocycles. The van der Waals surface area contributed by atoms with Gasteiger partial charge in [0.25, 0.3) is 0 Å². The number of rotatable bonds is 4. The molecule has 108 valence electrons. The van der Waals surface area contributed by atoms with Crippen molar-refractivity contribution in [3.63, 3.8) is 0 Å². The predicted octanol–water partition coefficient (Wildman–Crippen LogP) is 3.48. The minimum Gasteiger partial charge on any atom is -0.490 e. The number of nitro benzene ring substituents is 1. The molecule has 0 bridgehead atoms. The van der Waals surface area contributed by atoms with Crippen LogP contribution in [0.15, 0.2) is 42.5 Å². The zero-order valence-corrected chi connectivity index (χ0v) is 11.7. The molecule has 2 rings (SSSR count). The first-order chi connectivity index (χ1) is 10.0. The smallest absolute Gasteiger partial charge is 0.343 e. The summed E-state index contributed by atoms with van der Waals surface area (Å²) in [5.74, 6) is -0.339. The molecule has 7 heteroatoms. The Kier molecular flexibility index (Phi) is 4.39. The highest BCUT2D eigenvalue weighted by atomic mass is 35.5. The number of hydrogen-bond acceptors (Lipinski definition) is 5. The fourth-order valence-electron chi connectivity index (χ4n) is 1.63. The van der Waals surface area contributed by atoms with E-state index in [1.807, 2.05) is 0 Å². The van der Waals surface area contributed by atoms with Gasteiger partial charge in [-0.05, 0) is 36.4 Å². The van der Waals surface area contributed by atoms with Crippen molar-refractivity contribution >= 4 is 23.3 Å². The van der Waals surface area contributed by atoms with Gasteiger partial charge in [0, 0.05) is 11.1 Å². The first kappa shape index (κ1) is 14.8. The van der Waals surface area contributed by atoms with Crippen LogP contribution in [0, 0.1) is 10.1 Å². The molecular weight excluding hydrogens is 298 g/mol. The average Bonchev–Trinajstić information content (AvgIpc) is 2.48. The van der Waals surface area contributed by atoms with Crippen LogP contribution in [0.4, 0.5) is 5.69 Å². The van der Waals surface area contributed by atoms with E-state index in [4.69, 9.17) is 21.1 Å². The van der Waals surface area contributed by atoms with Gasteiger partial charge in [-0.3, -0.25) is 10.1 Å². The van der Waals surface area contributed by atoms with E-state index in [0.717, 1.165) is 6.07 Å². The van der Waals surface area contributed by atoms with Gasteiger partial charge in [-0.15, -0.1) is 0 Å². The molecule has 0 aliphatic carbocycles. The van der Waals surface area contributed by atoms with Gasteiger partial charge in [-0.25, -0.2) is 4.79 Å². The molecule has 0 heterocycles. The molecule has 0 N–H and O–H groups in total. The normalized spacial score (nSPS) is 10.0. The summed E-state index contributed by atoms with van der Waals surface area (Å²) in [6, 6.07) is 10.0. The van der Waals surface area contributed by atoms with E-state index >= 15 is 0 Å². The average molecular weight is 308 g/mol. The first-order valence-corrected chi connectivity index (χ1v) is 6.19. The summed E-state index contributed by atoms with van der Waals surface area (Å²) in [7, 11) is 1.31. The topological polar surface area (TPSA) is 78.7 Å². The van der Waals surface area contributed by atoms with Gasteiger partial charge in [-0.2, -0.15) is 0 Å². The summed E-state index contributed by atoms with van der Waals surface area (Å²) in [6.45, 7) is 0. The molecule has 0 fully saturated rings. The molecule has 0 atom stereocenters. The molecule has 0 aliphatic heterocycles. The van der Waals surface area contributed by atoms with Gasteiger partial charge in [-0.1, -0.05) is 11.6 Å². The number of benzene rings is 2. The highest BCUT2D eigenvalue weighted by Crippen LogP contribution is 2.28. The lowest BCUT2D eigenvalue weighted by molar-refractivity contribution is -0.385. The molecular formula is C14H10ClNO5. The Hall–Kier alpha value is -2.60. The third-order valence-electron chi connectivity index (χ3n) is 2.64. The van der Waals surface area contributed by atoms with Crippen molar-refractivity contribution in [1.82, 2.24) is 0 Å². The van der Waals surface area contributed by atoms with E-state index in [9.17, 15) is 14.9 Å². The van der Waals surface area contributed by atoms with E-state index in [2.05, 4.69) is 0 Å². The van der Waals surface area contributed by atoms with Crippen molar-refractivity contribution in [3.8, 4) is 11.5 Å². The maximum Gasteiger partial charge on any atom is 0.343 e. The van der Waals surface area contributed by atoms with Gasteiger partial charge >= 0.3 is 11.7 Å².